The molecule has 1 aromatic rings. The average Bonchev–Trinajstić information content (AvgIpc) is 2.52. The first-order chi connectivity index (χ1) is 9.53. The zero-order chi connectivity index (χ0) is 16.0. The van der Waals surface area contributed by atoms with Crippen LogP contribution < -0.4 is 10.2 Å². The highest BCUT2D eigenvalue weighted by Gasteiger charge is 2.52. The number of hydrogen-bond acceptors (Lipinski definition) is 4. The van der Waals surface area contributed by atoms with Gasteiger partial charge in [-0.3, -0.25) is 0 Å². The standard InChI is InChI=1S/C15H23BBrNO3/c1-9(2)19-13-12(17)8-11(10(3)18-13)16-20-14(4,5)15(6,7)21-16/h8-9H,1-7H3. The molecule has 0 atom stereocenters. The van der Waals surface area contributed by atoms with Gasteiger partial charge in [0.05, 0.1) is 21.8 Å². The normalized spacial score (nSPS) is 20.1. The molecule has 0 amide bonds. The third-order valence-electron chi connectivity index (χ3n) is 4.03. The van der Waals surface area contributed by atoms with Gasteiger partial charge < -0.3 is 14.0 Å². The quantitative estimate of drug-likeness (QED) is 0.780. The van der Waals surface area contributed by atoms with Crippen LogP contribution in [0.15, 0.2) is 10.5 Å². The number of pyridine rings is 1. The van der Waals surface area contributed by atoms with E-state index in [1.807, 2.05) is 54.5 Å². The first kappa shape index (κ1) is 16.8. The minimum Gasteiger partial charge on any atom is -0.474 e. The van der Waals surface area contributed by atoms with Crippen molar-refractivity contribution in [3.8, 4) is 5.88 Å². The highest BCUT2D eigenvalue weighted by molar-refractivity contribution is 9.10. The molecule has 4 nitrogen and oxygen atoms in total. The molecule has 21 heavy (non-hydrogen) atoms. The molecule has 0 aliphatic carbocycles. The molecule has 0 radical (unpaired) electrons. The van der Waals surface area contributed by atoms with Crippen LogP contribution >= 0.6 is 15.9 Å². The predicted molar refractivity (Wildman–Crippen MR) is 88.2 cm³/mol. The van der Waals surface area contributed by atoms with Crippen molar-refractivity contribution in [2.45, 2.75) is 65.8 Å². The fourth-order valence-electron chi connectivity index (χ4n) is 2.09. The average molecular weight is 356 g/mol. The number of ether oxygens (including phenoxy) is 1. The monoisotopic (exact) mass is 355 g/mol. The minimum atomic E-state index is -0.410. The Morgan fingerprint density at radius 3 is 2.19 bits per heavy atom. The van der Waals surface area contributed by atoms with Gasteiger partial charge in [0.25, 0.3) is 0 Å². The Morgan fingerprint density at radius 2 is 1.71 bits per heavy atom. The lowest BCUT2D eigenvalue weighted by molar-refractivity contribution is 0.00578. The number of halogens is 1. The smallest absolute Gasteiger partial charge is 0.474 e. The van der Waals surface area contributed by atoms with Crippen LogP contribution in [0.4, 0.5) is 0 Å². The largest absolute Gasteiger partial charge is 0.496 e. The van der Waals surface area contributed by atoms with E-state index in [0.29, 0.717) is 5.88 Å². The van der Waals surface area contributed by atoms with Gasteiger partial charge >= 0.3 is 7.12 Å². The van der Waals surface area contributed by atoms with Crippen LogP contribution in [0.5, 0.6) is 5.88 Å². The Labute approximate surface area is 135 Å². The molecule has 116 valence electrons. The lowest BCUT2D eigenvalue weighted by Gasteiger charge is -2.32. The Bertz CT molecular complexity index is 530. The van der Waals surface area contributed by atoms with E-state index in [1.165, 1.54) is 0 Å². The van der Waals surface area contributed by atoms with Gasteiger partial charge in [-0.2, -0.15) is 0 Å². The van der Waals surface area contributed by atoms with E-state index in [2.05, 4.69) is 20.9 Å². The first-order valence-corrected chi connectivity index (χ1v) is 8.02. The summed E-state index contributed by atoms with van der Waals surface area (Å²) in [7, 11) is -0.410. The summed E-state index contributed by atoms with van der Waals surface area (Å²) in [6.07, 6.45) is 0.0795. The van der Waals surface area contributed by atoms with E-state index in [-0.39, 0.29) is 17.3 Å². The van der Waals surface area contributed by atoms with Crippen molar-refractivity contribution in [2.24, 2.45) is 0 Å². The fourth-order valence-corrected chi connectivity index (χ4v) is 2.52. The zero-order valence-electron chi connectivity index (χ0n) is 13.8. The minimum absolute atomic E-state index is 0.0795. The molecular formula is C15H23BBrNO3. The Morgan fingerprint density at radius 1 is 1.19 bits per heavy atom. The van der Waals surface area contributed by atoms with Crippen molar-refractivity contribution in [1.82, 2.24) is 4.98 Å². The maximum Gasteiger partial charge on any atom is 0.496 e. The van der Waals surface area contributed by atoms with Gasteiger partial charge in [0.1, 0.15) is 0 Å². The van der Waals surface area contributed by atoms with Crippen molar-refractivity contribution in [2.75, 3.05) is 0 Å². The van der Waals surface area contributed by atoms with Crippen LogP contribution in [0.25, 0.3) is 0 Å². The number of aryl methyl sites for hydroxylation is 1. The lowest BCUT2D eigenvalue weighted by atomic mass is 9.78. The molecule has 1 fully saturated rings. The molecule has 2 rings (SSSR count). The fraction of sp³-hybridized carbons (Fsp3) is 0.667. The van der Waals surface area contributed by atoms with Crippen LogP contribution in [-0.4, -0.2) is 29.4 Å². The molecular weight excluding hydrogens is 333 g/mol. The van der Waals surface area contributed by atoms with Gasteiger partial charge in [-0.25, -0.2) is 4.98 Å². The number of nitrogens with zero attached hydrogens (tertiary/aromatic N) is 1. The maximum atomic E-state index is 6.08. The summed E-state index contributed by atoms with van der Waals surface area (Å²) in [6, 6.07) is 1.97. The Hall–Kier alpha value is -0.585. The van der Waals surface area contributed by atoms with E-state index in [9.17, 15) is 0 Å². The molecule has 2 heterocycles. The predicted octanol–water partition coefficient (Wildman–Crippen LogP) is 3.24. The van der Waals surface area contributed by atoms with Gasteiger partial charge in [-0.15, -0.1) is 0 Å². The van der Waals surface area contributed by atoms with Crippen LogP contribution in [0.3, 0.4) is 0 Å². The van der Waals surface area contributed by atoms with Crippen LogP contribution in [-0.2, 0) is 9.31 Å². The number of rotatable bonds is 3. The van der Waals surface area contributed by atoms with Crippen LogP contribution in [0.1, 0.15) is 47.2 Å². The van der Waals surface area contributed by atoms with E-state index in [4.69, 9.17) is 14.0 Å². The van der Waals surface area contributed by atoms with E-state index in [0.717, 1.165) is 15.6 Å². The molecule has 0 bridgehead atoms. The first-order valence-electron chi connectivity index (χ1n) is 7.23. The molecule has 1 aromatic heterocycles. The summed E-state index contributed by atoms with van der Waals surface area (Å²) >= 11 is 3.52. The molecule has 6 heteroatoms. The number of hydrogen-bond donors (Lipinski definition) is 0. The summed E-state index contributed by atoms with van der Waals surface area (Å²) in [5, 5.41) is 0. The summed E-state index contributed by atoms with van der Waals surface area (Å²) in [5.41, 5.74) is 1.07. The van der Waals surface area contributed by atoms with Crippen LogP contribution in [0, 0.1) is 6.92 Å². The second-order valence-corrected chi connectivity index (χ2v) is 7.56. The number of aromatic nitrogens is 1. The Balaban J connectivity index is 2.32. The van der Waals surface area contributed by atoms with E-state index in [1.54, 1.807) is 0 Å². The van der Waals surface area contributed by atoms with E-state index >= 15 is 0 Å². The Kier molecular flexibility index (Phi) is 4.44. The van der Waals surface area contributed by atoms with Crippen molar-refractivity contribution in [3.05, 3.63) is 16.2 Å². The summed E-state index contributed by atoms with van der Waals surface area (Å²) in [5.74, 6) is 0.600. The molecule has 0 spiro atoms. The van der Waals surface area contributed by atoms with Crippen LogP contribution in [0.2, 0.25) is 0 Å². The lowest BCUT2D eigenvalue weighted by Crippen LogP contribution is -2.41. The van der Waals surface area contributed by atoms with Gasteiger partial charge in [0.2, 0.25) is 5.88 Å². The highest BCUT2D eigenvalue weighted by atomic mass is 79.9. The van der Waals surface area contributed by atoms with Gasteiger partial charge in [0, 0.05) is 11.2 Å². The highest BCUT2D eigenvalue weighted by Crippen LogP contribution is 2.37. The third kappa shape index (κ3) is 3.27. The van der Waals surface area contributed by atoms with Crippen molar-refractivity contribution in [3.63, 3.8) is 0 Å². The van der Waals surface area contributed by atoms with Crippen molar-refractivity contribution >= 4 is 28.5 Å². The third-order valence-corrected chi connectivity index (χ3v) is 4.60. The van der Waals surface area contributed by atoms with Crippen molar-refractivity contribution < 1.29 is 14.0 Å². The zero-order valence-corrected chi connectivity index (χ0v) is 15.4. The SMILES string of the molecule is Cc1nc(OC(C)C)c(Br)cc1B1OC(C)(C)C(C)(C)O1. The molecule has 0 saturated carbocycles. The molecule has 1 aliphatic heterocycles. The molecule has 1 aliphatic rings. The van der Waals surface area contributed by atoms with Gasteiger partial charge in [-0.1, -0.05) is 0 Å². The summed E-state index contributed by atoms with van der Waals surface area (Å²) < 4.78 is 18.7. The summed E-state index contributed by atoms with van der Waals surface area (Å²) in [4.78, 5) is 4.52. The van der Waals surface area contributed by atoms with Gasteiger partial charge in [0.15, 0.2) is 0 Å². The van der Waals surface area contributed by atoms with Gasteiger partial charge in [-0.05, 0) is 70.5 Å². The molecule has 0 N–H and O–H groups in total. The molecule has 0 unspecified atom stereocenters. The topological polar surface area (TPSA) is 40.6 Å². The second kappa shape index (κ2) is 5.56. The molecule has 0 aromatic carbocycles. The molecule has 1 saturated heterocycles. The van der Waals surface area contributed by atoms with E-state index < -0.39 is 7.12 Å². The second-order valence-electron chi connectivity index (χ2n) is 6.70. The van der Waals surface area contributed by atoms with Crippen molar-refractivity contribution in [1.29, 1.82) is 0 Å². The summed E-state index contributed by atoms with van der Waals surface area (Å²) in [6.45, 7) is 14.1. The maximum absolute atomic E-state index is 6.08.